The molecule has 1 aromatic carbocycles. The molecule has 0 radical (unpaired) electrons. The SMILES string of the molecule is CS(=O)(=O)c1ccc2c(c1)CN(C1COC[C@@H](N)C1)C2. The zero-order chi connectivity index (χ0) is 14.3. The molecule has 0 bridgehead atoms. The minimum absolute atomic E-state index is 0.101. The summed E-state index contributed by atoms with van der Waals surface area (Å²) in [7, 11) is -3.14. The number of benzene rings is 1. The number of hydrogen-bond acceptors (Lipinski definition) is 5. The summed E-state index contributed by atoms with van der Waals surface area (Å²) in [5.74, 6) is 0. The van der Waals surface area contributed by atoms with Crippen molar-refractivity contribution in [2.45, 2.75) is 36.5 Å². The van der Waals surface area contributed by atoms with Gasteiger partial charge in [0.25, 0.3) is 0 Å². The molecule has 2 heterocycles. The topological polar surface area (TPSA) is 72.6 Å². The van der Waals surface area contributed by atoms with Crippen LogP contribution in [0.2, 0.25) is 0 Å². The van der Waals surface area contributed by atoms with Crippen molar-refractivity contribution < 1.29 is 13.2 Å². The first kappa shape index (κ1) is 14.0. The second kappa shape index (κ2) is 5.11. The summed E-state index contributed by atoms with van der Waals surface area (Å²) in [6.07, 6.45) is 2.18. The van der Waals surface area contributed by atoms with E-state index in [9.17, 15) is 8.42 Å². The summed E-state index contributed by atoms with van der Waals surface area (Å²) in [5, 5.41) is 0. The molecule has 1 unspecified atom stereocenters. The largest absolute Gasteiger partial charge is 0.378 e. The lowest BCUT2D eigenvalue weighted by Gasteiger charge is -2.33. The maximum absolute atomic E-state index is 11.6. The summed E-state index contributed by atoms with van der Waals surface area (Å²) in [4.78, 5) is 2.73. The lowest BCUT2D eigenvalue weighted by atomic mass is 10.1. The predicted octanol–water partition coefficient (Wildman–Crippen LogP) is 0.522. The van der Waals surface area contributed by atoms with Crippen molar-refractivity contribution in [3.05, 3.63) is 29.3 Å². The summed E-state index contributed by atoms with van der Waals surface area (Å²) in [6, 6.07) is 5.85. The Bertz CT molecular complexity index is 615. The monoisotopic (exact) mass is 296 g/mol. The van der Waals surface area contributed by atoms with Crippen LogP contribution < -0.4 is 5.73 Å². The van der Waals surface area contributed by atoms with Gasteiger partial charge in [0.2, 0.25) is 0 Å². The Labute approximate surface area is 119 Å². The first-order chi connectivity index (χ1) is 9.43. The van der Waals surface area contributed by atoms with E-state index < -0.39 is 9.84 Å². The molecule has 2 atom stereocenters. The maximum Gasteiger partial charge on any atom is 0.175 e. The van der Waals surface area contributed by atoms with Crippen LogP contribution in [-0.2, 0) is 27.7 Å². The molecule has 5 nitrogen and oxygen atoms in total. The van der Waals surface area contributed by atoms with Gasteiger partial charge in [0, 0.05) is 31.4 Å². The van der Waals surface area contributed by atoms with Gasteiger partial charge in [-0.25, -0.2) is 8.42 Å². The van der Waals surface area contributed by atoms with Crippen LogP contribution in [-0.4, -0.2) is 44.9 Å². The van der Waals surface area contributed by atoms with Gasteiger partial charge in [0.05, 0.1) is 18.1 Å². The predicted molar refractivity (Wildman–Crippen MR) is 76.0 cm³/mol. The molecule has 20 heavy (non-hydrogen) atoms. The number of rotatable bonds is 2. The summed E-state index contributed by atoms with van der Waals surface area (Å²) in [6.45, 7) is 2.97. The minimum atomic E-state index is -3.14. The third kappa shape index (κ3) is 2.74. The molecule has 2 aliphatic rings. The average Bonchev–Trinajstić information content (AvgIpc) is 2.80. The average molecular weight is 296 g/mol. The van der Waals surface area contributed by atoms with Gasteiger partial charge in [-0.15, -0.1) is 0 Å². The Kier molecular flexibility index (Phi) is 3.58. The Balaban J connectivity index is 1.78. The van der Waals surface area contributed by atoms with E-state index in [1.807, 2.05) is 6.07 Å². The second-order valence-electron chi connectivity index (χ2n) is 5.79. The van der Waals surface area contributed by atoms with Gasteiger partial charge in [0.15, 0.2) is 9.84 Å². The fourth-order valence-corrected chi connectivity index (χ4v) is 3.65. The highest BCUT2D eigenvalue weighted by Gasteiger charge is 2.30. The number of nitrogens with two attached hydrogens (primary N) is 1. The van der Waals surface area contributed by atoms with Crippen LogP contribution in [0.4, 0.5) is 0 Å². The van der Waals surface area contributed by atoms with Gasteiger partial charge in [-0.05, 0) is 29.7 Å². The van der Waals surface area contributed by atoms with Gasteiger partial charge in [0.1, 0.15) is 0 Å². The van der Waals surface area contributed by atoms with E-state index in [-0.39, 0.29) is 6.04 Å². The van der Waals surface area contributed by atoms with Crippen LogP contribution in [0.15, 0.2) is 23.1 Å². The molecule has 1 saturated heterocycles. The summed E-state index contributed by atoms with van der Waals surface area (Å²) in [5.41, 5.74) is 8.26. The van der Waals surface area contributed by atoms with Gasteiger partial charge >= 0.3 is 0 Å². The van der Waals surface area contributed by atoms with Gasteiger partial charge in [-0.3, -0.25) is 4.90 Å². The zero-order valence-corrected chi connectivity index (χ0v) is 12.4. The molecule has 2 aliphatic heterocycles. The number of hydrogen-bond donors (Lipinski definition) is 1. The molecule has 3 rings (SSSR count). The lowest BCUT2D eigenvalue weighted by Crippen LogP contribution is -2.46. The fourth-order valence-electron chi connectivity index (χ4n) is 2.98. The van der Waals surface area contributed by atoms with Gasteiger partial charge in [-0.1, -0.05) is 6.07 Å². The summed E-state index contributed by atoms with van der Waals surface area (Å²) >= 11 is 0. The van der Waals surface area contributed by atoms with E-state index in [4.69, 9.17) is 10.5 Å². The van der Waals surface area contributed by atoms with Crippen molar-refractivity contribution in [1.82, 2.24) is 4.90 Å². The van der Waals surface area contributed by atoms with Crippen LogP contribution in [0.5, 0.6) is 0 Å². The zero-order valence-electron chi connectivity index (χ0n) is 11.6. The first-order valence-electron chi connectivity index (χ1n) is 6.83. The molecule has 0 spiro atoms. The van der Waals surface area contributed by atoms with Crippen molar-refractivity contribution in [1.29, 1.82) is 0 Å². The van der Waals surface area contributed by atoms with Crippen molar-refractivity contribution in [2.24, 2.45) is 5.73 Å². The highest BCUT2D eigenvalue weighted by molar-refractivity contribution is 7.90. The van der Waals surface area contributed by atoms with E-state index in [1.54, 1.807) is 12.1 Å². The molecule has 6 heteroatoms. The van der Waals surface area contributed by atoms with E-state index in [0.29, 0.717) is 24.2 Å². The lowest BCUT2D eigenvalue weighted by molar-refractivity contribution is 0.00549. The standard InChI is InChI=1S/C14H20N2O3S/c1-20(17,18)14-3-2-10-6-16(7-11(10)4-14)13-5-12(15)8-19-9-13/h2-4,12-13H,5-9,15H2,1H3/t12-,13?/m0/s1. The minimum Gasteiger partial charge on any atom is -0.378 e. The van der Waals surface area contributed by atoms with Crippen LogP contribution in [0, 0.1) is 0 Å². The fraction of sp³-hybridized carbons (Fsp3) is 0.571. The molecular formula is C14H20N2O3S. The van der Waals surface area contributed by atoms with Crippen molar-refractivity contribution in [3.63, 3.8) is 0 Å². The molecule has 0 aliphatic carbocycles. The van der Waals surface area contributed by atoms with Crippen molar-refractivity contribution in [2.75, 3.05) is 19.5 Å². The Morgan fingerprint density at radius 1 is 1.25 bits per heavy atom. The van der Waals surface area contributed by atoms with E-state index >= 15 is 0 Å². The number of nitrogens with zero attached hydrogens (tertiary/aromatic N) is 1. The van der Waals surface area contributed by atoms with Crippen LogP contribution in [0.1, 0.15) is 17.5 Å². The van der Waals surface area contributed by atoms with Crippen LogP contribution in [0.25, 0.3) is 0 Å². The van der Waals surface area contributed by atoms with E-state index in [1.165, 1.54) is 11.8 Å². The molecular weight excluding hydrogens is 276 g/mol. The second-order valence-corrected chi connectivity index (χ2v) is 7.81. The molecule has 1 fully saturated rings. The maximum atomic E-state index is 11.6. The molecule has 2 N–H and O–H groups in total. The first-order valence-corrected chi connectivity index (χ1v) is 8.72. The number of ether oxygens (including phenoxy) is 1. The highest BCUT2D eigenvalue weighted by Crippen LogP contribution is 2.29. The van der Waals surface area contributed by atoms with Crippen molar-refractivity contribution >= 4 is 9.84 Å². The Morgan fingerprint density at radius 3 is 2.70 bits per heavy atom. The van der Waals surface area contributed by atoms with Crippen LogP contribution in [0.3, 0.4) is 0 Å². The number of fused-ring (bicyclic) bond motifs is 1. The van der Waals surface area contributed by atoms with E-state index in [0.717, 1.165) is 25.1 Å². The Morgan fingerprint density at radius 2 is 2.00 bits per heavy atom. The number of sulfone groups is 1. The van der Waals surface area contributed by atoms with Gasteiger partial charge < -0.3 is 10.5 Å². The van der Waals surface area contributed by atoms with Gasteiger partial charge in [-0.2, -0.15) is 0 Å². The highest BCUT2D eigenvalue weighted by atomic mass is 32.2. The van der Waals surface area contributed by atoms with Crippen LogP contribution >= 0.6 is 0 Å². The Hall–Kier alpha value is -0.950. The third-order valence-corrected chi connectivity index (χ3v) is 5.20. The molecule has 0 saturated carbocycles. The quantitative estimate of drug-likeness (QED) is 0.861. The van der Waals surface area contributed by atoms with Crippen molar-refractivity contribution in [3.8, 4) is 0 Å². The molecule has 0 aromatic heterocycles. The normalized spacial score (nSPS) is 27.5. The molecule has 1 aromatic rings. The van der Waals surface area contributed by atoms with E-state index in [2.05, 4.69) is 4.90 Å². The molecule has 0 amide bonds. The third-order valence-electron chi connectivity index (χ3n) is 4.09. The summed E-state index contributed by atoms with van der Waals surface area (Å²) < 4.78 is 28.7. The smallest absolute Gasteiger partial charge is 0.175 e. The molecule has 110 valence electrons.